The summed E-state index contributed by atoms with van der Waals surface area (Å²) in [6, 6.07) is 6.44. The van der Waals surface area contributed by atoms with Crippen LogP contribution in [0, 0.1) is 0 Å². The lowest BCUT2D eigenvalue weighted by Crippen LogP contribution is -2.31. The van der Waals surface area contributed by atoms with E-state index in [1.807, 2.05) is 0 Å². The van der Waals surface area contributed by atoms with Crippen molar-refractivity contribution in [3.05, 3.63) is 29.8 Å². The van der Waals surface area contributed by atoms with Gasteiger partial charge >= 0.3 is 0 Å². The SMILES string of the molecule is COc1ccc(C2=NC(C(=O)NO)CO2)cc1. The minimum Gasteiger partial charge on any atom is -0.497 e. The van der Waals surface area contributed by atoms with Crippen molar-refractivity contribution in [2.24, 2.45) is 4.99 Å². The van der Waals surface area contributed by atoms with Crippen LogP contribution in [0.15, 0.2) is 29.3 Å². The summed E-state index contributed by atoms with van der Waals surface area (Å²) in [6.07, 6.45) is 0. The number of nitrogens with zero attached hydrogens (tertiary/aromatic N) is 1. The Hall–Kier alpha value is -2.08. The molecule has 0 saturated heterocycles. The van der Waals surface area contributed by atoms with Crippen LogP contribution in [0.4, 0.5) is 0 Å². The van der Waals surface area contributed by atoms with Crippen molar-refractivity contribution >= 4 is 11.8 Å². The number of ether oxygens (including phenoxy) is 2. The molecule has 0 saturated carbocycles. The summed E-state index contributed by atoms with van der Waals surface area (Å²) < 4.78 is 10.3. The van der Waals surface area contributed by atoms with Crippen molar-refractivity contribution in [3.63, 3.8) is 0 Å². The fourth-order valence-electron chi connectivity index (χ4n) is 1.47. The average Bonchev–Trinajstić information content (AvgIpc) is 2.87. The number of nitrogens with one attached hydrogen (secondary N) is 1. The van der Waals surface area contributed by atoms with Gasteiger partial charge < -0.3 is 9.47 Å². The Labute approximate surface area is 97.8 Å². The number of aliphatic imine (C=N–C) groups is 1. The number of methoxy groups -OCH3 is 1. The van der Waals surface area contributed by atoms with Crippen LogP contribution in [-0.2, 0) is 9.53 Å². The second kappa shape index (κ2) is 4.84. The van der Waals surface area contributed by atoms with E-state index in [0.29, 0.717) is 5.90 Å². The summed E-state index contributed by atoms with van der Waals surface area (Å²) in [4.78, 5) is 15.2. The summed E-state index contributed by atoms with van der Waals surface area (Å²) in [5, 5.41) is 8.48. The maximum Gasteiger partial charge on any atom is 0.271 e. The van der Waals surface area contributed by atoms with Gasteiger partial charge in [-0.2, -0.15) is 0 Å². The number of rotatable bonds is 3. The highest BCUT2D eigenvalue weighted by atomic mass is 16.5. The monoisotopic (exact) mass is 236 g/mol. The quantitative estimate of drug-likeness (QED) is 0.586. The fourth-order valence-corrected chi connectivity index (χ4v) is 1.47. The Balaban J connectivity index is 2.15. The summed E-state index contributed by atoms with van der Waals surface area (Å²) in [7, 11) is 1.58. The highest BCUT2D eigenvalue weighted by molar-refractivity contribution is 5.98. The number of carbonyl (C=O) groups excluding carboxylic acids is 1. The van der Waals surface area contributed by atoms with Crippen molar-refractivity contribution in [1.82, 2.24) is 5.48 Å². The molecule has 1 amide bonds. The first-order chi connectivity index (χ1) is 8.24. The van der Waals surface area contributed by atoms with E-state index >= 15 is 0 Å². The molecular formula is C11H12N2O4. The van der Waals surface area contributed by atoms with E-state index in [-0.39, 0.29) is 6.61 Å². The van der Waals surface area contributed by atoms with E-state index in [9.17, 15) is 4.79 Å². The van der Waals surface area contributed by atoms with Crippen molar-refractivity contribution in [2.45, 2.75) is 6.04 Å². The Kier molecular flexibility index (Phi) is 3.24. The number of hydrogen-bond acceptors (Lipinski definition) is 5. The van der Waals surface area contributed by atoms with Crippen LogP contribution >= 0.6 is 0 Å². The highest BCUT2D eigenvalue weighted by Gasteiger charge is 2.26. The Morgan fingerprint density at radius 1 is 1.53 bits per heavy atom. The largest absolute Gasteiger partial charge is 0.497 e. The van der Waals surface area contributed by atoms with E-state index in [0.717, 1.165) is 11.3 Å². The van der Waals surface area contributed by atoms with Crippen molar-refractivity contribution in [1.29, 1.82) is 0 Å². The lowest BCUT2D eigenvalue weighted by Gasteiger charge is -2.02. The third-order valence-electron chi connectivity index (χ3n) is 2.40. The second-order valence-electron chi connectivity index (χ2n) is 3.47. The third kappa shape index (κ3) is 2.36. The molecule has 1 aliphatic heterocycles. The molecule has 17 heavy (non-hydrogen) atoms. The third-order valence-corrected chi connectivity index (χ3v) is 2.40. The molecular weight excluding hydrogens is 224 g/mol. The molecule has 1 atom stereocenters. The zero-order valence-corrected chi connectivity index (χ0v) is 9.21. The summed E-state index contributed by atoms with van der Waals surface area (Å²) >= 11 is 0. The molecule has 1 unspecified atom stereocenters. The lowest BCUT2D eigenvalue weighted by molar-refractivity contribution is -0.130. The van der Waals surface area contributed by atoms with Crippen LogP contribution in [0.2, 0.25) is 0 Å². The minimum atomic E-state index is -0.697. The number of hydroxylamine groups is 1. The van der Waals surface area contributed by atoms with Gasteiger partial charge in [0.05, 0.1) is 7.11 Å². The van der Waals surface area contributed by atoms with E-state index in [4.69, 9.17) is 14.7 Å². The van der Waals surface area contributed by atoms with Crippen molar-refractivity contribution in [3.8, 4) is 5.75 Å². The average molecular weight is 236 g/mol. The number of amides is 1. The molecule has 1 aliphatic rings. The van der Waals surface area contributed by atoms with Crippen LogP contribution in [-0.4, -0.2) is 36.8 Å². The predicted octanol–water partition coefficient (Wildman–Crippen LogP) is 0.346. The van der Waals surface area contributed by atoms with E-state index < -0.39 is 11.9 Å². The van der Waals surface area contributed by atoms with Gasteiger partial charge in [0.1, 0.15) is 12.4 Å². The topological polar surface area (TPSA) is 80.2 Å². The van der Waals surface area contributed by atoms with E-state index in [1.54, 1.807) is 36.9 Å². The van der Waals surface area contributed by atoms with Crippen LogP contribution in [0.5, 0.6) is 5.75 Å². The van der Waals surface area contributed by atoms with Gasteiger partial charge in [0.25, 0.3) is 5.91 Å². The predicted molar refractivity (Wildman–Crippen MR) is 59.2 cm³/mol. The van der Waals surface area contributed by atoms with Gasteiger partial charge in [0.15, 0.2) is 6.04 Å². The van der Waals surface area contributed by atoms with Crippen LogP contribution in [0.1, 0.15) is 5.56 Å². The van der Waals surface area contributed by atoms with E-state index in [2.05, 4.69) is 4.99 Å². The van der Waals surface area contributed by atoms with Gasteiger partial charge in [-0.3, -0.25) is 10.0 Å². The first-order valence-corrected chi connectivity index (χ1v) is 5.03. The maximum atomic E-state index is 11.1. The molecule has 0 spiro atoms. The zero-order chi connectivity index (χ0) is 12.3. The van der Waals surface area contributed by atoms with Crippen molar-refractivity contribution in [2.75, 3.05) is 13.7 Å². The minimum absolute atomic E-state index is 0.133. The van der Waals surface area contributed by atoms with Crippen LogP contribution in [0.3, 0.4) is 0 Å². The maximum absolute atomic E-state index is 11.1. The number of benzene rings is 1. The van der Waals surface area contributed by atoms with Gasteiger partial charge in [-0.15, -0.1) is 0 Å². The molecule has 2 N–H and O–H groups in total. The molecule has 90 valence electrons. The smallest absolute Gasteiger partial charge is 0.271 e. The molecule has 1 aromatic carbocycles. The first-order valence-electron chi connectivity index (χ1n) is 5.03. The first kappa shape index (κ1) is 11.4. The number of hydrogen-bond donors (Lipinski definition) is 2. The second-order valence-corrected chi connectivity index (χ2v) is 3.47. The molecule has 2 rings (SSSR count). The van der Waals surface area contributed by atoms with Crippen molar-refractivity contribution < 1.29 is 19.5 Å². The number of carbonyl (C=O) groups is 1. The molecule has 0 aliphatic carbocycles. The van der Waals surface area contributed by atoms with Gasteiger partial charge in [0.2, 0.25) is 5.90 Å². The summed E-state index contributed by atoms with van der Waals surface area (Å²) in [5.41, 5.74) is 2.31. The molecule has 1 aromatic rings. The lowest BCUT2D eigenvalue weighted by atomic mass is 10.2. The normalized spacial score (nSPS) is 18.2. The summed E-state index contributed by atoms with van der Waals surface area (Å²) in [5.74, 6) is 0.548. The molecule has 0 fully saturated rings. The zero-order valence-electron chi connectivity index (χ0n) is 9.21. The van der Waals surface area contributed by atoms with Gasteiger partial charge in [0, 0.05) is 5.56 Å². The summed E-state index contributed by atoms with van der Waals surface area (Å²) in [6.45, 7) is 0.133. The highest BCUT2D eigenvalue weighted by Crippen LogP contribution is 2.16. The molecule has 6 heteroatoms. The van der Waals surface area contributed by atoms with Crippen LogP contribution in [0.25, 0.3) is 0 Å². The molecule has 0 radical (unpaired) electrons. The molecule has 0 aromatic heterocycles. The molecule has 0 bridgehead atoms. The van der Waals surface area contributed by atoms with Gasteiger partial charge in [-0.25, -0.2) is 10.5 Å². The van der Waals surface area contributed by atoms with Crippen LogP contribution < -0.4 is 10.2 Å². The van der Waals surface area contributed by atoms with Gasteiger partial charge in [-0.05, 0) is 24.3 Å². The Morgan fingerprint density at radius 2 is 2.24 bits per heavy atom. The van der Waals surface area contributed by atoms with E-state index in [1.165, 1.54) is 0 Å². The standard InChI is InChI=1S/C11H12N2O4/c1-16-8-4-2-7(3-5-8)11-12-9(6-17-11)10(14)13-15/h2-5,9,15H,6H2,1H3,(H,13,14). The Morgan fingerprint density at radius 3 is 2.82 bits per heavy atom. The fraction of sp³-hybridized carbons (Fsp3) is 0.273. The van der Waals surface area contributed by atoms with Gasteiger partial charge in [-0.1, -0.05) is 0 Å². The molecule has 1 heterocycles. The molecule has 6 nitrogen and oxygen atoms in total. The Bertz CT molecular complexity index is 441.